The maximum atomic E-state index is 12.5. The summed E-state index contributed by atoms with van der Waals surface area (Å²) >= 11 is 6.55. The molecule has 0 bridgehead atoms. The number of hydrogen-bond donors (Lipinski definition) is 0. The highest BCUT2D eigenvalue weighted by Crippen LogP contribution is 2.38. The third-order valence-corrected chi connectivity index (χ3v) is 6.61. The molecule has 2 aromatic carbocycles. The fraction of sp³-hybridized carbons (Fsp3) is 0.0952. The van der Waals surface area contributed by atoms with Gasteiger partial charge in [-0.05, 0) is 24.6 Å². The van der Waals surface area contributed by atoms with Gasteiger partial charge in [0, 0.05) is 21.0 Å². The number of carbonyl (C=O) groups is 1. The van der Waals surface area contributed by atoms with Crippen molar-refractivity contribution in [3.63, 3.8) is 0 Å². The number of aromatic nitrogens is 2. The molecule has 0 amide bonds. The van der Waals surface area contributed by atoms with Crippen molar-refractivity contribution in [2.45, 2.75) is 11.9 Å². The van der Waals surface area contributed by atoms with Crippen molar-refractivity contribution in [3.8, 4) is 11.1 Å². The summed E-state index contributed by atoms with van der Waals surface area (Å²) in [6.45, 7) is 2.01. The molecule has 0 aliphatic rings. The fourth-order valence-electron chi connectivity index (χ4n) is 2.76. The Kier molecular flexibility index (Phi) is 5.38. The van der Waals surface area contributed by atoms with E-state index in [0.29, 0.717) is 5.75 Å². The number of rotatable bonds is 5. The summed E-state index contributed by atoms with van der Waals surface area (Å²) in [4.78, 5) is 22.3. The second-order valence-electron chi connectivity index (χ2n) is 6.09. The number of hydrogen-bond acceptors (Lipinski definition) is 5. The predicted molar refractivity (Wildman–Crippen MR) is 117 cm³/mol. The van der Waals surface area contributed by atoms with Gasteiger partial charge >= 0.3 is 0 Å². The van der Waals surface area contributed by atoms with Crippen molar-refractivity contribution in [2.24, 2.45) is 0 Å². The molecule has 0 saturated carbocycles. The minimum absolute atomic E-state index is 0.104. The van der Waals surface area contributed by atoms with E-state index in [-0.39, 0.29) is 5.78 Å². The van der Waals surface area contributed by atoms with E-state index in [1.54, 1.807) is 17.7 Å². The molecule has 0 spiro atoms. The first-order chi connectivity index (χ1) is 13.1. The van der Waals surface area contributed by atoms with E-state index < -0.39 is 0 Å². The second kappa shape index (κ2) is 7.92. The maximum absolute atomic E-state index is 12.5. The molecule has 3 nitrogen and oxygen atoms in total. The summed E-state index contributed by atoms with van der Waals surface area (Å²) in [6, 6.07) is 15.9. The number of halogens is 1. The molecular formula is C21H15BrN2OS2. The Labute approximate surface area is 174 Å². The molecule has 0 unspecified atom stereocenters. The van der Waals surface area contributed by atoms with Gasteiger partial charge in [0.2, 0.25) is 0 Å². The van der Waals surface area contributed by atoms with Crippen LogP contribution in [0.2, 0.25) is 0 Å². The third-order valence-electron chi connectivity index (χ3n) is 4.20. The van der Waals surface area contributed by atoms with Gasteiger partial charge in [0.05, 0.1) is 11.1 Å². The average molecular weight is 455 g/mol. The number of benzene rings is 2. The van der Waals surface area contributed by atoms with Gasteiger partial charge in [-0.3, -0.25) is 4.79 Å². The summed E-state index contributed by atoms with van der Waals surface area (Å²) in [5.41, 5.74) is 4.10. The lowest BCUT2D eigenvalue weighted by Gasteiger charge is -2.06. The number of thiophene rings is 1. The monoisotopic (exact) mass is 454 g/mol. The molecular weight excluding hydrogens is 440 g/mol. The van der Waals surface area contributed by atoms with Gasteiger partial charge in [0.15, 0.2) is 5.78 Å². The smallest absolute Gasteiger partial charge is 0.173 e. The number of fused-ring (bicyclic) bond motifs is 1. The van der Waals surface area contributed by atoms with Crippen LogP contribution in [-0.4, -0.2) is 21.5 Å². The van der Waals surface area contributed by atoms with E-state index in [9.17, 15) is 4.79 Å². The number of aryl methyl sites for hydroxylation is 1. The number of ketones is 1. The normalized spacial score (nSPS) is 11.0. The zero-order chi connectivity index (χ0) is 18.8. The van der Waals surface area contributed by atoms with Crippen LogP contribution in [0.1, 0.15) is 15.9 Å². The van der Waals surface area contributed by atoms with Crippen LogP contribution in [0.3, 0.4) is 0 Å². The van der Waals surface area contributed by atoms with Crippen molar-refractivity contribution in [1.29, 1.82) is 0 Å². The molecule has 4 rings (SSSR count). The quantitative estimate of drug-likeness (QED) is 0.198. The van der Waals surface area contributed by atoms with Gasteiger partial charge in [0.25, 0.3) is 0 Å². The molecule has 0 aliphatic carbocycles. The molecule has 0 N–H and O–H groups in total. The Bertz CT molecular complexity index is 1110. The lowest BCUT2D eigenvalue weighted by atomic mass is 10.1. The molecule has 0 aliphatic heterocycles. The summed E-state index contributed by atoms with van der Waals surface area (Å²) in [6.07, 6.45) is 1.57. The first-order valence-electron chi connectivity index (χ1n) is 8.32. The largest absolute Gasteiger partial charge is 0.293 e. The van der Waals surface area contributed by atoms with Gasteiger partial charge in [-0.2, -0.15) is 0 Å². The summed E-state index contributed by atoms with van der Waals surface area (Å²) in [5.74, 6) is 0.456. The third kappa shape index (κ3) is 3.98. The molecule has 6 heteroatoms. The minimum atomic E-state index is 0.104. The van der Waals surface area contributed by atoms with Crippen LogP contribution in [0.15, 0.2) is 69.7 Å². The predicted octanol–water partition coefficient (Wildman–Crippen LogP) is 6.40. The first kappa shape index (κ1) is 18.3. The van der Waals surface area contributed by atoms with Crippen molar-refractivity contribution in [3.05, 3.63) is 75.8 Å². The average Bonchev–Trinajstić information content (AvgIpc) is 3.12. The number of nitrogens with zero attached hydrogens (tertiary/aromatic N) is 2. The van der Waals surface area contributed by atoms with Crippen LogP contribution in [0.4, 0.5) is 0 Å². The van der Waals surface area contributed by atoms with Gasteiger partial charge < -0.3 is 0 Å². The van der Waals surface area contributed by atoms with Gasteiger partial charge in [-0.1, -0.05) is 69.7 Å². The van der Waals surface area contributed by atoms with Gasteiger partial charge in [0.1, 0.15) is 16.2 Å². The highest BCUT2D eigenvalue weighted by atomic mass is 79.9. The molecule has 134 valence electrons. The molecule has 0 radical (unpaired) electrons. The van der Waals surface area contributed by atoms with Crippen LogP contribution in [0.5, 0.6) is 0 Å². The Balaban J connectivity index is 1.64. The second-order valence-corrected chi connectivity index (χ2v) is 8.83. The molecule has 0 saturated heterocycles. The Morgan fingerprint density at radius 2 is 1.81 bits per heavy atom. The Morgan fingerprint density at radius 1 is 1.07 bits per heavy atom. The van der Waals surface area contributed by atoms with Crippen LogP contribution >= 0.6 is 39.0 Å². The lowest BCUT2D eigenvalue weighted by Crippen LogP contribution is -2.02. The fourth-order valence-corrected chi connectivity index (χ4v) is 4.91. The van der Waals surface area contributed by atoms with Crippen LogP contribution in [-0.2, 0) is 0 Å². The van der Waals surface area contributed by atoms with Crippen molar-refractivity contribution >= 4 is 55.0 Å². The summed E-state index contributed by atoms with van der Waals surface area (Å²) < 4.78 is 1.04. The topological polar surface area (TPSA) is 42.9 Å². The van der Waals surface area contributed by atoms with E-state index in [1.807, 2.05) is 43.3 Å². The van der Waals surface area contributed by atoms with Crippen LogP contribution < -0.4 is 0 Å². The lowest BCUT2D eigenvalue weighted by molar-refractivity contribution is 0.102. The van der Waals surface area contributed by atoms with E-state index in [4.69, 9.17) is 0 Å². The van der Waals surface area contributed by atoms with E-state index in [2.05, 4.69) is 43.4 Å². The molecule has 0 fully saturated rings. The van der Waals surface area contributed by atoms with Gasteiger partial charge in [-0.25, -0.2) is 9.97 Å². The summed E-state index contributed by atoms with van der Waals surface area (Å²) in [5, 5.41) is 3.97. The van der Waals surface area contributed by atoms with Crippen molar-refractivity contribution < 1.29 is 4.79 Å². The molecule has 0 atom stereocenters. The highest BCUT2D eigenvalue weighted by molar-refractivity contribution is 9.10. The van der Waals surface area contributed by atoms with Crippen molar-refractivity contribution in [1.82, 2.24) is 9.97 Å². The zero-order valence-corrected chi connectivity index (χ0v) is 17.7. The maximum Gasteiger partial charge on any atom is 0.173 e. The van der Waals surface area contributed by atoms with Crippen LogP contribution in [0, 0.1) is 6.92 Å². The van der Waals surface area contributed by atoms with E-state index >= 15 is 0 Å². The number of Topliss-reactive ketones (excluding diaryl/α,β-unsaturated/α-hetero) is 1. The zero-order valence-electron chi connectivity index (χ0n) is 14.5. The highest BCUT2D eigenvalue weighted by Gasteiger charge is 2.15. The van der Waals surface area contributed by atoms with Crippen molar-refractivity contribution in [2.75, 3.05) is 5.75 Å². The Morgan fingerprint density at radius 3 is 2.56 bits per heavy atom. The number of carbonyl (C=O) groups excluding carboxylic acids is 1. The number of thioether (sulfide) groups is 1. The molecule has 4 aromatic rings. The van der Waals surface area contributed by atoms with Gasteiger partial charge in [-0.15, -0.1) is 11.3 Å². The van der Waals surface area contributed by atoms with E-state index in [0.717, 1.165) is 42.0 Å². The first-order valence-corrected chi connectivity index (χ1v) is 11.0. The molecule has 2 aromatic heterocycles. The Hall–Kier alpha value is -2.02. The van der Waals surface area contributed by atoms with E-state index in [1.165, 1.54) is 11.8 Å². The molecule has 2 heterocycles. The molecule has 27 heavy (non-hydrogen) atoms. The SMILES string of the molecule is Cc1ccc(C(=O)CSc2ncnc3scc(-c4ccc(Br)cc4)c23)cc1. The summed E-state index contributed by atoms with van der Waals surface area (Å²) in [7, 11) is 0. The van der Waals surface area contributed by atoms with Crippen LogP contribution in [0.25, 0.3) is 21.3 Å². The minimum Gasteiger partial charge on any atom is -0.293 e. The standard InChI is InChI=1S/C21H15BrN2OS2/c1-13-2-4-15(5-3-13)18(25)11-27-21-19-17(10-26-20(19)23-12-24-21)14-6-8-16(22)9-7-14/h2-10,12H,11H2,1H3.